The number of ether oxygens (including phenoxy) is 1. The minimum atomic E-state index is -0.0507. The van der Waals surface area contributed by atoms with E-state index in [1.807, 2.05) is 38.2 Å². The summed E-state index contributed by atoms with van der Waals surface area (Å²) in [7, 11) is 3.61. The highest BCUT2D eigenvalue weighted by atomic mass is 32.1. The Kier molecular flexibility index (Phi) is 4.83. The SMILES string of the molecule is CO[C@@H](CNc1nc(-c2ccccn2)nc2c1c(C)nn2C)c1cccs1. The van der Waals surface area contributed by atoms with Gasteiger partial charge in [0.15, 0.2) is 11.5 Å². The highest BCUT2D eigenvalue weighted by Crippen LogP contribution is 2.28. The van der Waals surface area contributed by atoms with Gasteiger partial charge in [0.1, 0.15) is 17.6 Å². The van der Waals surface area contributed by atoms with Crippen LogP contribution in [-0.2, 0) is 11.8 Å². The van der Waals surface area contributed by atoms with Crippen molar-refractivity contribution in [3.8, 4) is 11.5 Å². The molecule has 0 amide bonds. The Morgan fingerprint density at radius 1 is 1.22 bits per heavy atom. The summed E-state index contributed by atoms with van der Waals surface area (Å²) in [5.41, 5.74) is 2.38. The average Bonchev–Trinajstić information content (AvgIpc) is 3.32. The van der Waals surface area contributed by atoms with Crippen LogP contribution in [0.5, 0.6) is 0 Å². The van der Waals surface area contributed by atoms with Crippen molar-refractivity contribution in [3.05, 3.63) is 52.5 Å². The van der Waals surface area contributed by atoms with Gasteiger partial charge < -0.3 is 10.1 Å². The van der Waals surface area contributed by atoms with Gasteiger partial charge in [-0.3, -0.25) is 9.67 Å². The second kappa shape index (κ2) is 7.42. The predicted molar refractivity (Wildman–Crippen MR) is 107 cm³/mol. The number of fused-ring (bicyclic) bond motifs is 1. The summed E-state index contributed by atoms with van der Waals surface area (Å²) in [6, 6.07) is 9.80. The zero-order chi connectivity index (χ0) is 18.8. The fourth-order valence-electron chi connectivity index (χ4n) is 3.04. The molecule has 4 aromatic heterocycles. The van der Waals surface area contributed by atoms with Gasteiger partial charge in [-0.2, -0.15) is 5.10 Å². The van der Waals surface area contributed by atoms with Crippen LogP contribution in [0.25, 0.3) is 22.6 Å². The number of pyridine rings is 1. The van der Waals surface area contributed by atoms with E-state index in [4.69, 9.17) is 9.72 Å². The molecule has 0 radical (unpaired) electrons. The Morgan fingerprint density at radius 2 is 2.11 bits per heavy atom. The van der Waals surface area contributed by atoms with Crippen molar-refractivity contribution in [2.24, 2.45) is 7.05 Å². The van der Waals surface area contributed by atoms with Crippen LogP contribution in [0.15, 0.2) is 41.9 Å². The first-order valence-corrected chi connectivity index (χ1v) is 9.48. The highest BCUT2D eigenvalue weighted by molar-refractivity contribution is 7.10. The zero-order valence-electron chi connectivity index (χ0n) is 15.4. The third-order valence-corrected chi connectivity index (χ3v) is 5.32. The molecule has 27 heavy (non-hydrogen) atoms. The molecule has 138 valence electrons. The molecule has 4 heterocycles. The van der Waals surface area contributed by atoms with E-state index in [2.05, 4.69) is 31.8 Å². The largest absolute Gasteiger partial charge is 0.374 e. The summed E-state index contributed by atoms with van der Waals surface area (Å²) in [4.78, 5) is 15.0. The van der Waals surface area contributed by atoms with Gasteiger partial charge in [0.2, 0.25) is 0 Å². The summed E-state index contributed by atoms with van der Waals surface area (Å²) < 4.78 is 7.42. The second-order valence-electron chi connectivity index (χ2n) is 6.14. The highest BCUT2D eigenvalue weighted by Gasteiger charge is 2.18. The monoisotopic (exact) mass is 380 g/mol. The quantitative estimate of drug-likeness (QED) is 0.551. The van der Waals surface area contributed by atoms with Gasteiger partial charge >= 0.3 is 0 Å². The number of hydrogen-bond donors (Lipinski definition) is 1. The molecule has 4 rings (SSSR count). The van der Waals surface area contributed by atoms with E-state index in [1.54, 1.807) is 29.3 Å². The first-order valence-electron chi connectivity index (χ1n) is 8.60. The van der Waals surface area contributed by atoms with E-state index >= 15 is 0 Å². The molecular formula is C19H20N6OS. The van der Waals surface area contributed by atoms with Crippen molar-refractivity contribution in [2.45, 2.75) is 13.0 Å². The van der Waals surface area contributed by atoms with Crippen LogP contribution >= 0.6 is 11.3 Å². The molecule has 0 aliphatic rings. The molecule has 4 aromatic rings. The van der Waals surface area contributed by atoms with Gasteiger partial charge in [0.05, 0.1) is 11.1 Å². The maximum absolute atomic E-state index is 5.65. The molecule has 7 nitrogen and oxygen atoms in total. The first kappa shape index (κ1) is 17.6. The average molecular weight is 380 g/mol. The number of anilines is 1. The Hall–Kier alpha value is -2.84. The first-order chi connectivity index (χ1) is 13.2. The van der Waals surface area contributed by atoms with Crippen molar-refractivity contribution in [1.82, 2.24) is 24.7 Å². The molecule has 0 saturated carbocycles. The van der Waals surface area contributed by atoms with Gasteiger partial charge in [-0.1, -0.05) is 12.1 Å². The van der Waals surface area contributed by atoms with Crippen molar-refractivity contribution in [3.63, 3.8) is 0 Å². The number of hydrogen-bond acceptors (Lipinski definition) is 7. The van der Waals surface area contributed by atoms with E-state index in [0.29, 0.717) is 12.4 Å². The number of nitrogens with one attached hydrogen (secondary N) is 1. The fourth-order valence-corrected chi connectivity index (χ4v) is 3.84. The molecule has 0 bridgehead atoms. The maximum Gasteiger partial charge on any atom is 0.182 e. The topological polar surface area (TPSA) is 77.8 Å². The molecule has 1 N–H and O–H groups in total. The fraction of sp³-hybridized carbons (Fsp3) is 0.263. The van der Waals surface area contributed by atoms with Gasteiger partial charge in [-0.05, 0) is 30.5 Å². The summed E-state index contributed by atoms with van der Waals surface area (Å²) in [6.07, 6.45) is 1.69. The molecule has 0 spiro atoms. The predicted octanol–water partition coefficient (Wildman–Crippen LogP) is 3.59. The minimum absolute atomic E-state index is 0.0507. The number of rotatable bonds is 6. The molecule has 0 aliphatic carbocycles. The van der Waals surface area contributed by atoms with Crippen LogP contribution in [0.1, 0.15) is 16.7 Å². The van der Waals surface area contributed by atoms with Crippen LogP contribution in [0.3, 0.4) is 0 Å². The normalized spacial score (nSPS) is 12.4. The molecule has 0 fully saturated rings. The number of aromatic nitrogens is 5. The summed E-state index contributed by atoms with van der Waals surface area (Å²) >= 11 is 1.68. The number of thiophene rings is 1. The number of nitrogens with zero attached hydrogens (tertiary/aromatic N) is 5. The molecule has 0 aromatic carbocycles. The lowest BCUT2D eigenvalue weighted by Crippen LogP contribution is -2.15. The Bertz CT molecular complexity index is 1050. The van der Waals surface area contributed by atoms with Gasteiger partial charge in [0, 0.05) is 31.8 Å². The Labute approximate surface area is 161 Å². The van der Waals surface area contributed by atoms with Crippen molar-refractivity contribution in [2.75, 3.05) is 19.0 Å². The lowest BCUT2D eigenvalue weighted by Gasteiger charge is -2.16. The molecule has 1 atom stereocenters. The van der Waals surface area contributed by atoms with E-state index in [0.717, 1.165) is 28.2 Å². The maximum atomic E-state index is 5.65. The molecular weight excluding hydrogens is 360 g/mol. The zero-order valence-corrected chi connectivity index (χ0v) is 16.2. The molecule has 8 heteroatoms. The Balaban J connectivity index is 1.74. The van der Waals surface area contributed by atoms with Crippen molar-refractivity contribution < 1.29 is 4.74 Å². The lowest BCUT2D eigenvalue weighted by atomic mass is 10.2. The Morgan fingerprint density at radius 3 is 2.81 bits per heavy atom. The molecule has 0 unspecified atom stereocenters. The third kappa shape index (κ3) is 3.41. The summed E-state index contributed by atoms with van der Waals surface area (Å²) in [6.45, 7) is 2.56. The number of aryl methyl sites for hydroxylation is 2. The third-order valence-electron chi connectivity index (χ3n) is 4.35. The second-order valence-corrected chi connectivity index (χ2v) is 7.12. The van der Waals surface area contributed by atoms with Gasteiger partial charge in [0.25, 0.3) is 0 Å². The van der Waals surface area contributed by atoms with Crippen LogP contribution in [0, 0.1) is 6.92 Å². The van der Waals surface area contributed by atoms with E-state index in [-0.39, 0.29) is 6.10 Å². The van der Waals surface area contributed by atoms with Crippen molar-refractivity contribution >= 4 is 28.2 Å². The minimum Gasteiger partial charge on any atom is -0.374 e. The van der Waals surface area contributed by atoms with Gasteiger partial charge in [-0.15, -0.1) is 11.3 Å². The van der Waals surface area contributed by atoms with E-state index in [1.165, 1.54) is 4.88 Å². The summed E-state index contributed by atoms with van der Waals surface area (Å²) in [5.74, 6) is 1.31. The number of methoxy groups -OCH3 is 1. The molecule has 0 saturated heterocycles. The van der Waals surface area contributed by atoms with E-state index < -0.39 is 0 Å². The van der Waals surface area contributed by atoms with Crippen LogP contribution in [0.4, 0.5) is 5.82 Å². The van der Waals surface area contributed by atoms with E-state index in [9.17, 15) is 0 Å². The van der Waals surface area contributed by atoms with Gasteiger partial charge in [-0.25, -0.2) is 9.97 Å². The van der Waals surface area contributed by atoms with Crippen LogP contribution in [-0.4, -0.2) is 38.4 Å². The summed E-state index contributed by atoms with van der Waals surface area (Å²) in [5, 5.41) is 10.9. The van der Waals surface area contributed by atoms with Crippen LogP contribution < -0.4 is 5.32 Å². The lowest BCUT2D eigenvalue weighted by molar-refractivity contribution is 0.117. The van der Waals surface area contributed by atoms with Crippen LogP contribution in [0.2, 0.25) is 0 Å². The van der Waals surface area contributed by atoms with Crippen molar-refractivity contribution in [1.29, 1.82) is 0 Å². The standard InChI is InChI=1S/C19H20N6OS/c1-12-16-18(21-11-14(26-3)15-8-6-10-27-15)22-17(13-7-4-5-9-20-13)23-19(16)25(2)24-12/h4-10,14H,11H2,1-3H3,(H,21,22,23)/t14-/m0/s1. The molecule has 0 aliphatic heterocycles. The smallest absolute Gasteiger partial charge is 0.182 e.